The van der Waals surface area contributed by atoms with Crippen molar-refractivity contribution in [1.29, 1.82) is 0 Å². The minimum absolute atomic E-state index is 0.160. The molecular formula is C34H44N2O4. The van der Waals surface area contributed by atoms with Crippen LogP contribution in [-0.2, 0) is 17.8 Å². The third-order valence-electron chi connectivity index (χ3n) is 10.5. The summed E-state index contributed by atoms with van der Waals surface area (Å²) in [5, 5.41) is 24.0. The van der Waals surface area contributed by atoms with Gasteiger partial charge in [0.1, 0.15) is 5.75 Å². The molecule has 3 fully saturated rings. The summed E-state index contributed by atoms with van der Waals surface area (Å²) in [6.07, 6.45) is 6.92. The van der Waals surface area contributed by atoms with Crippen LogP contribution in [0.15, 0.2) is 35.5 Å². The van der Waals surface area contributed by atoms with E-state index in [4.69, 9.17) is 9.57 Å². The molecule has 2 aromatic carbocycles. The number of aliphatic hydroxyl groups excluding tert-OH is 1. The molecule has 1 spiro atoms. The van der Waals surface area contributed by atoms with Crippen LogP contribution in [0.5, 0.6) is 5.75 Å². The van der Waals surface area contributed by atoms with Crippen molar-refractivity contribution in [1.82, 2.24) is 4.90 Å². The normalized spacial score (nSPS) is 30.1. The van der Waals surface area contributed by atoms with Crippen molar-refractivity contribution in [2.45, 2.75) is 96.5 Å². The minimum atomic E-state index is -1.22. The van der Waals surface area contributed by atoms with E-state index in [1.807, 2.05) is 6.92 Å². The van der Waals surface area contributed by atoms with Crippen molar-refractivity contribution < 1.29 is 19.8 Å². The van der Waals surface area contributed by atoms with Crippen LogP contribution in [0.2, 0.25) is 0 Å². The first-order valence-corrected chi connectivity index (χ1v) is 15.5. The number of hydrogen-bond donors (Lipinski definition) is 2. The predicted octanol–water partition coefficient (Wildman–Crippen LogP) is 5.95. The SMILES string of the molecule is CCOc1cc(CN2CC3(CC(CC4CCC(C)(C(O)O)CC4)=NO3)C2)cc2c1-c1ccc(C)cc1C[C@H]1CC21. The highest BCUT2D eigenvalue weighted by Crippen LogP contribution is 2.57. The highest BCUT2D eigenvalue weighted by atomic mass is 16.7. The fraction of sp³-hybridized carbons (Fsp3) is 0.618. The summed E-state index contributed by atoms with van der Waals surface area (Å²) in [5.41, 5.74) is 9.02. The van der Waals surface area contributed by atoms with E-state index in [0.717, 1.165) is 69.8 Å². The molecule has 2 N–H and O–H groups in total. The largest absolute Gasteiger partial charge is 0.493 e. The van der Waals surface area contributed by atoms with E-state index < -0.39 is 6.29 Å². The highest BCUT2D eigenvalue weighted by Gasteiger charge is 2.50. The maximum Gasteiger partial charge on any atom is 0.168 e. The lowest BCUT2D eigenvalue weighted by Gasteiger charge is -2.45. The molecule has 6 heteroatoms. The molecule has 0 radical (unpaired) electrons. The molecule has 40 heavy (non-hydrogen) atoms. The van der Waals surface area contributed by atoms with Gasteiger partial charge in [-0.15, -0.1) is 0 Å². The monoisotopic (exact) mass is 544 g/mol. The second-order valence-corrected chi connectivity index (χ2v) is 13.9. The Kier molecular flexibility index (Phi) is 6.52. The number of benzene rings is 2. The van der Waals surface area contributed by atoms with Gasteiger partial charge in [0.2, 0.25) is 0 Å². The number of hydrogen-bond acceptors (Lipinski definition) is 6. The van der Waals surface area contributed by atoms with Gasteiger partial charge in [-0.05, 0) is 105 Å². The van der Waals surface area contributed by atoms with Crippen LogP contribution in [0.4, 0.5) is 0 Å². The summed E-state index contributed by atoms with van der Waals surface area (Å²) in [4.78, 5) is 8.55. The summed E-state index contributed by atoms with van der Waals surface area (Å²) in [7, 11) is 0. The molecular weight excluding hydrogens is 500 g/mol. The Morgan fingerprint density at radius 2 is 1.95 bits per heavy atom. The predicted molar refractivity (Wildman–Crippen MR) is 156 cm³/mol. The van der Waals surface area contributed by atoms with Crippen molar-refractivity contribution in [2.24, 2.45) is 22.4 Å². The summed E-state index contributed by atoms with van der Waals surface area (Å²) >= 11 is 0. The lowest BCUT2D eigenvalue weighted by Crippen LogP contribution is -2.61. The van der Waals surface area contributed by atoms with E-state index in [-0.39, 0.29) is 11.0 Å². The molecule has 2 aliphatic heterocycles. The molecule has 0 bridgehead atoms. The molecule has 0 amide bonds. The van der Waals surface area contributed by atoms with E-state index in [1.54, 1.807) is 0 Å². The van der Waals surface area contributed by atoms with E-state index in [9.17, 15) is 10.2 Å². The standard InChI is InChI=1S/C34H44N2O4/c1-4-39-30-14-23(13-29-28-16-25(28)15-24-11-21(2)5-6-27(24)31(29)30)18-36-19-34(20-36)17-26(35-40-34)12-22-7-9-33(3,10-8-22)32(37)38/h5-6,11,13-14,22,25,28,32,37-38H,4,7-10,12,15-20H2,1-3H3/t22?,25-,28?,33?/m0/s1. The molecule has 2 heterocycles. The summed E-state index contributed by atoms with van der Waals surface area (Å²) in [6.45, 7) is 9.68. The fourth-order valence-electron chi connectivity index (χ4n) is 8.06. The first kappa shape index (κ1) is 26.5. The van der Waals surface area contributed by atoms with Crippen LogP contribution in [0.1, 0.15) is 87.0 Å². The van der Waals surface area contributed by atoms with Gasteiger partial charge in [0.25, 0.3) is 0 Å². The molecule has 5 aliphatic rings. The minimum Gasteiger partial charge on any atom is -0.493 e. The van der Waals surface area contributed by atoms with E-state index in [2.05, 4.69) is 54.2 Å². The van der Waals surface area contributed by atoms with Crippen molar-refractivity contribution in [3.63, 3.8) is 0 Å². The molecule has 6 nitrogen and oxygen atoms in total. The highest BCUT2D eigenvalue weighted by molar-refractivity contribution is 5.86. The number of likely N-dealkylation sites (tertiary alicyclic amines) is 1. The Hall–Kier alpha value is -2.41. The van der Waals surface area contributed by atoms with Crippen LogP contribution in [0.3, 0.4) is 0 Å². The first-order chi connectivity index (χ1) is 19.2. The molecule has 2 aromatic rings. The van der Waals surface area contributed by atoms with Crippen molar-refractivity contribution in [3.8, 4) is 16.9 Å². The maximum absolute atomic E-state index is 9.72. The number of aryl methyl sites for hydroxylation is 1. The van der Waals surface area contributed by atoms with E-state index >= 15 is 0 Å². The van der Waals surface area contributed by atoms with Gasteiger partial charge in [-0.25, -0.2) is 0 Å². The fourth-order valence-corrected chi connectivity index (χ4v) is 8.06. The second-order valence-electron chi connectivity index (χ2n) is 13.9. The lowest BCUT2D eigenvalue weighted by molar-refractivity contribution is -0.144. The molecule has 2 saturated carbocycles. The lowest BCUT2D eigenvalue weighted by atomic mass is 9.70. The Labute approximate surface area is 238 Å². The Morgan fingerprint density at radius 3 is 2.70 bits per heavy atom. The van der Waals surface area contributed by atoms with E-state index in [1.165, 1.54) is 51.9 Å². The van der Waals surface area contributed by atoms with Gasteiger partial charge in [-0.2, -0.15) is 0 Å². The van der Waals surface area contributed by atoms with Crippen molar-refractivity contribution in [3.05, 3.63) is 52.6 Å². The van der Waals surface area contributed by atoms with Crippen LogP contribution in [-0.4, -0.2) is 52.4 Å². The Bertz CT molecular complexity index is 1320. The van der Waals surface area contributed by atoms with Gasteiger partial charge >= 0.3 is 0 Å². The van der Waals surface area contributed by atoms with Crippen LogP contribution >= 0.6 is 0 Å². The quantitative estimate of drug-likeness (QED) is 0.422. The van der Waals surface area contributed by atoms with E-state index in [0.29, 0.717) is 18.4 Å². The van der Waals surface area contributed by atoms with Crippen LogP contribution in [0, 0.1) is 24.2 Å². The van der Waals surface area contributed by atoms with Gasteiger partial charge in [0.05, 0.1) is 12.3 Å². The van der Waals surface area contributed by atoms with Crippen LogP contribution in [0.25, 0.3) is 11.1 Å². The topological polar surface area (TPSA) is 74.5 Å². The first-order valence-electron chi connectivity index (χ1n) is 15.5. The number of ether oxygens (including phenoxy) is 1. The third kappa shape index (κ3) is 4.76. The third-order valence-corrected chi connectivity index (χ3v) is 10.5. The smallest absolute Gasteiger partial charge is 0.168 e. The maximum atomic E-state index is 9.72. The number of nitrogens with zero attached hydrogens (tertiary/aromatic N) is 2. The van der Waals surface area contributed by atoms with Gasteiger partial charge in [-0.1, -0.05) is 41.9 Å². The zero-order chi connectivity index (χ0) is 27.6. The molecule has 7 rings (SSSR count). The second kappa shape index (κ2) is 9.85. The van der Waals surface area contributed by atoms with Gasteiger partial charge in [0.15, 0.2) is 11.9 Å². The molecule has 3 aliphatic carbocycles. The number of oxime groups is 1. The van der Waals surface area contributed by atoms with Gasteiger partial charge in [0, 0.05) is 37.0 Å². The summed E-state index contributed by atoms with van der Waals surface area (Å²) in [6, 6.07) is 11.7. The number of rotatable bonds is 7. The molecule has 1 saturated heterocycles. The Balaban J connectivity index is 1.01. The average molecular weight is 545 g/mol. The van der Waals surface area contributed by atoms with Gasteiger partial charge < -0.3 is 19.8 Å². The zero-order valence-corrected chi connectivity index (χ0v) is 24.3. The number of fused-ring (bicyclic) bond motifs is 5. The summed E-state index contributed by atoms with van der Waals surface area (Å²) < 4.78 is 6.30. The zero-order valence-electron chi connectivity index (χ0n) is 24.3. The number of aliphatic hydroxyl groups is 2. The molecule has 1 unspecified atom stereocenters. The van der Waals surface area contributed by atoms with Crippen molar-refractivity contribution in [2.75, 3.05) is 19.7 Å². The molecule has 0 aromatic heterocycles. The molecule has 2 atom stereocenters. The summed E-state index contributed by atoms with van der Waals surface area (Å²) in [5.74, 6) is 3.02. The Morgan fingerprint density at radius 1 is 1.15 bits per heavy atom. The van der Waals surface area contributed by atoms with Crippen LogP contribution < -0.4 is 4.74 Å². The molecule has 214 valence electrons. The van der Waals surface area contributed by atoms with Gasteiger partial charge in [-0.3, -0.25) is 4.90 Å². The van der Waals surface area contributed by atoms with Crippen molar-refractivity contribution >= 4 is 5.71 Å². The average Bonchev–Trinajstić information content (AvgIpc) is 3.56.